The molecular formula is C16H21NO3. The Hall–Kier alpha value is -1.84. The normalized spacial score (nSPS) is 22.3. The van der Waals surface area contributed by atoms with E-state index in [1.807, 2.05) is 31.2 Å². The molecule has 1 fully saturated rings. The van der Waals surface area contributed by atoms with E-state index in [1.54, 1.807) is 11.9 Å². The molecule has 1 aromatic carbocycles. The number of anilines is 1. The Morgan fingerprint density at radius 1 is 1.15 bits per heavy atom. The number of carboxylic acids is 1. The van der Waals surface area contributed by atoms with Gasteiger partial charge in [0.05, 0.1) is 11.8 Å². The van der Waals surface area contributed by atoms with Gasteiger partial charge in [-0.1, -0.05) is 31.0 Å². The molecule has 0 heterocycles. The number of hydrogen-bond acceptors (Lipinski definition) is 2. The molecule has 1 amide bonds. The van der Waals surface area contributed by atoms with Crippen molar-refractivity contribution in [2.75, 3.05) is 11.9 Å². The lowest BCUT2D eigenvalue weighted by molar-refractivity contribution is -0.148. The zero-order chi connectivity index (χ0) is 14.7. The van der Waals surface area contributed by atoms with Crippen molar-refractivity contribution in [2.45, 2.75) is 32.6 Å². The molecule has 0 radical (unpaired) electrons. The predicted molar refractivity (Wildman–Crippen MR) is 77.7 cm³/mol. The number of carboxylic acid groups (broad SMARTS) is 1. The van der Waals surface area contributed by atoms with E-state index >= 15 is 0 Å². The number of nitrogens with zero attached hydrogens (tertiary/aromatic N) is 1. The van der Waals surface area contributed by atoms with Crippen LogP contribution in [-0.4, -0.2) is 24.0 Å². The van der Waals surface area contributed by atoms with Gasteiger partial charge in [-0.05, 0) is 31.4 Å². The number of amides is 1. The standard InChI is InChI=1S/C16H21NO3/c1-11-7-3-6-10-14(11)17(2)15(18)12-8-4-5-9-13(12)16(19)20/h3,6-7,10,12-13H,4-5,8-9H2,1-2H3,(H,19,20)/t12-,13+/m1/s1. The first-order chi connectivity index (χ1) is 9.52. The predicted octanol–water partition coefficient (Wildman–Crippen LogP) is 2.85. The first-order valence-electron chi connectivity index (χ1n) is 7.08. The molecule has 4 heteroatoms. The molecule has 2 rings (SSSR count). The number of benzene rings is 1. The number of aryl methyl sites for hydroxylation is 1. The zero-order valence-corrected chi connectivity index (χ0v) is 12.0. The van der Waals surface area contributed by atoms with Crippen LogP contribution in [0, 0.1) is 18.8 Å². The molecule has 0 aliphatic heterocycles. The fourth-order valence-electron chi connectivity index (χ4n) is 3.03. The summed E-state index contributed by atoms with van der Waals surface area (Å²) in [6.07, 6.45) is 3.11. The number of aliphatic carboxylic acids is 1. The lowest BCUT2D eigenvalue weighted by atomic mass is 9.78. The third-order valence-corrected chi connectivity index (χ3v) is 4.21. The molecule has 1 N–H and O–H groups in total. The summed E-state index contributed by atoms with van der Waals surface area (Å²) in [4.78, 5) is 25.6. The van der Waals surface area contributed by atoms with Crippen LogP contribution in [0.2, 0.25) is 0 Å². The van der Waals surface area contributed by atoms with Crippen molar-refractivity contribution in [3.05, 3.63) is 29.8 Å². The Balaban J connectivity index is 2.21. The molecule has 0 bridgehead atoms. The number of para-hydroxylation sites is 1. The van der Waals surface area contributed by atoms with Gasteiger partial charge < -0.3 is 10.0 Å². The molecule has 1 aliphatic rings. The number of rotatable bonds is 3. The summed E-state index contributed by atoms with van der Waals surface area (Å²) >= 11 is 0. The van der Waals surface area contributed by atoms with Crippen molar-refractivity contribution in [3.63, 3.8) is 0 Å². The lowest BCUT2D eigenvalue weighted by Crippen LogP contribution is -2.41. The Morgan fingerprint density at radius 2 is 1.75 bits per heavy atom. The van der Waals surface area contributed by atoms with Crippen molar-refractivity contribution in [3.8, 4) is 0 Å². The molecule has 4 nitrogen and oxygen atoms in total. The monoisotopic (exact) mass is 275 g/mol. The minimum atomic E-state index is -0.846. The second-order valence-electron chi connectivity index (χ2n) is 5.52. The third-order valence-electron chi connectivity index (χ3n) is 4.21. The number of carbonyl (C=O) groups is 2. The van der Waals surface area contributed by atoms with Crippen molar-refractivity contribution in [2.24, 2.45) is 11.8 Å². The molecule has 1 aromatic rings. The fraction of sp³-hybridized carbons (Fsp3) is 0.500. The van der Waals surface area contributed by atoms with Crippen molar-refractivity contribution < 1.29 is 14.7 Å². The van der Waals surface area contributed by atoms with Gasteiger partial charge in [0.1, 0.15) is 0 Å². The van der Waals surface area contributed by atoms with Crippen LogP contribution in [-0.2, 0) is 9.59 Å². The Labute approximate surface area is 119 Å². The maximum atomic E-state index is 12.6. The maximum absolute atomic E-state index is 12.6. The highest BCUT2D eigenvalue weighted by atomic mass is 16.4. The summed E-state index contributed by atoms with van der Waals surface area (Å²) in [5.41, 5.74) is 1.87. The second-order valence-corrected chi connectivity index (χ2v) is 5.52. The number of carbonyl (C=O) groups excluding carboxylic acids is 1. The summed E-state index contributed by atoms with van der Waals surface area (Å²) in [6, 6.07) is 7.67. The SMILES string of the molecule is Cc1ccccc1N(C)C(=O)[C@@H]1CCCC[C@@H]1C(=O)O. The van der Waals surface area contributed by atoms with E-state index in [0.717, 1.165) is 24.1 Å². The van der Waals surface area contributed by atoms with E-state index in [-0.39, 0.29) is 5.91 Å². The zero-order valence-electron chi connectivity index (χ0n) is 12.0. The molecular weight excluding hydrogens is 254 g/mol. The van der Waals surface area contributed by atoms with Gasteiger partial charge in [0.25, 0.3) is 0 Å². The summed E-state index contributed by atoms with van der Waals surface area (Å²) in [7, 11) is 1.73. The van der Waals surface area contributed by atoms with Crippen LogP contribution in [0.4, 0.5) is 5.69 Å². The quantitative estimate of drug-likeness (QED) is 0.922. The Bertz CT molecular complexity index is 512. The third kappa shape index (κ3) is 2.84. The van der Waals surface area contributed by atoms with Crippen LogP contribution in [0.25, 0.3) is 0 Å². The summed E-state index contributed by atoms with van der Waals surface area (Å²) < 4.78 is 0. The van der Waals surface area contributed by atoms with E-state index in [2.05, 4.69) is 0 Å². The van der Waals surface area contributed by atoms with E-state index < -0.39 is 17.8 Å². The molecule has 0 unspecified atom stereocenters. The molecule has 20 heavy (non-hydrogen) atoms. The highest BCUT2D eigenvalue weighted by Crippen LogP contribution is 2.33. The van der Waals surface area contributed by atoms with Crippen LogP contribution < -0.4 is 4.90 Å². The molecule has 1 aliphatic carbocycles. The van der Waals surface area contributed by atoms with E-state index in [9.17, 15) is 14.7 Å². The van der Waals surface area contributed by atoms with Gasteiger partial charge in [0.2, 0.25) is 5.91 Å². The van der Waals surface area contributed by atoms with Crippen LogP contribution in [0.1, 0.15) is 31.2 Å². The molecule has 108 valence electrons. The van der Waals surface area contributed by atoms with Crippen LogP contribution >= 0.6 is 0 Å². The number of hydrogen-bond donors (Lipinski definition) is 1. The summed E-state index contributed by atoms with van der Waals surface area (Å²) in [5, 5.41) is 9.29. The van der Waals surface area contributed by atoms with Gasteiger partial charge in [0, 0.05) is 12.7 Å². The fourth-order valence-corrected chi connectivity index (χ4v) is 3.03. The Morgan fingerprint density at radius 3 is 2.35 bits per heavy atom. The Kier molecular flexibility index (Phi) is 4.42. The average molecular weight is 275 g/mol. The van der Waals surface area contributed by atoms with Crippen molar-refractivity contribution >= 4 is 17.6 Å². The van der Waals surface area contributed by atoms with Crippen LogP contribution in [0.5, 0.6) is 0 Å². The molecule has 1 saturated carbocycles. The summed E-state index contributed by atoms with van der Waals surface area (Å²) in [5.74, 6) is -1.86. The highest BCUT2D eigenvalue weighted by molar-refractivity contribution is 5.97. The molecule has 0 saturated heterocycles. The maximum Gasteiger partial charge on any atom is 0.307 e. The van der Waals surface area contributed by atoms with Crippen molar-refractivity contribution in [1.82, 2.24) is 0 Å². The van der Waals surface area contributed by atoms with Gasteiger partial charge in [-0.2, -0.15) is 0 Å². The van der Waals surface area contributed by atoms with Crippen LogP contribution in [0.3, 0.4) is 0 Å². The minimum absolute atomic E-state index is 0.0774. The molecule has 0 spiro atoms. The van der Waals surface area contributed by atoms with Gasteiger partial charge in [-0.25, -0.2) is 0 Å². The van der Waals surface area contributed by atoms with Gasteiger partial charge in [-0.15, -0.1) is 0 Å². The molecule has 2 atom stereocenters. The van der Waals surface area contributed by atoms with Gasteiger partial charge in [-0.3, -0.25) is 9.59 Å². The first-order valence-corrected chi connectivity index (χ1v) is 7.08. The minimum Gasteiger partial charge on any atom is -0.481 e. The van der Waals surface area contributed by atoms with Crippen molar-refractivity contribution in [1.29, 1.82) is 0 Å². The van der Waals surface area contributed by atoms with Gasteiger partial charge in [0.15, 0.2) is 0 Å². The first kappa shape index (κ1) is 14.6. The average Bonchev–Trinajstić information content (AvgIpc) is 2.46. The lowest BCUT2D eigenvalue weighted by Gasteiger charge is -2.31. The van der Waals surface area contributed by atoms with E-state index in [4.69, 9.17) is 0 Å². The molecule has 0 aromatic heterocycles. The van der Waals surface area contributed by atoms with Gasteiger partial charge >= 0.3 is 5.97 Å². The van der Waals surface area contributed by atoms with Crippen LogP contribution in [0.15, 0.2) is 24.3 Å². The summed E-state index contributed by atoms with van der Waals surface area (Å²) in [6.45, 7) is 1.95. The van der Waals surface area contributed by atoms with E-state index in [0.29, 0.717) is 12.8 Å². The largest absolute Gasteiger partial charge is 0.481 e. The topological polar surface area (TPSA) is 57.6 Å². The second kappa shape index (κ2) is 6.07. The smallest absolute Gasteiger partial charge is 0.307 e. The highest BCUT2D eigenvalue weighted by Gasteiger charge is 2.37. The van der Waals surface area contributed by atoms with E-state index in [1.165, 1.54) is 0 Å².